The standard InChI is InChI=1S/C10H22N2O/c1-9-2-5-12(6-3-9)7-4-10(11)8-13/h9-10,13H,2-8,11H2,1H3. The Kier molecular flexibility index (Phi) is 4.70. The molecule has 1 fully saturated rings. The summed E-state index contributed by atoms with van der Waals surface area (Å²) in [5.74, 6) is 0.891. The second kappa shape index (κ2) is 5.58. The Morgan fingerprint density at radius 3 is 2.62 bits per heavy atom. The molecule has 3 N–H and O–H groups in total. The second-order valence-electron chi connectivity index (χ2n) is 4.26. The number of nitrogens with zero attached hydrogens (tertiary/aromatic N) is 1. The first-order valence-electron chi connectivity index (χ1n) is 5.31. The molecular weight excluding hydrogens is 164 g/mol. The number of hydrogen-bond acceptors (Lipinski definition) is 3. The van der Waals surface area contributed by atoms with Gasteiger partial charge in [0.2, 0.25) is 0 Å². The average molecular weight is 186 g/mol. The molecule has 0 saturated carbocycles. The molecule has 1 saturated heterocycles. The molecule has 1 aliphatic heterocycles. The fraction of sp³-hybridized carbons (Fsp3) is 1.00. The Balaban J connectivity index is 2.08. The molecule has 1 unspecified atom stereocenters. The molecule has 0 radical (unpaired) electrons. The van der Waals surface area contributed by atoms with Crippen LogP contribution in [0.5, 0.6) is 0 Å². The van der Waals surface area contributed by atoms with Gasteiger partial charge < -0.3 is 15.7 Å². The molecule has 0 amide bonds. The first kappa shape index (κ1) is 11.0. The highest BCUT2D eigenvalue weighted by Gasteiger charge is 2.15. The zero-order valence-corrected chi connectivity index (χ0v) is 8.58. The van der Waals surface area contributed by atoms with Crippen molar-refractivity contribution in [3.05, 3.63) is 0 Å². The van der Waals surface area contributed by atoms with Crippen LogP contribution in [0.2, 0.25) is 0 Å². The van der Waals surface area contributed by atoms with Crippen LogP contribution in [-0.4, -0.2) is 42.3 Å². The van der Waals surface area contributed by atoms with Crippen molar-refractivity contribution in [3.8, 4) is 0 Å². The number of aliphatic hydroxyl groups excluding tert-OH is 1. The molecule has 0 aromatic rings. The molecule has 3 nitrogen and oxygen atoms in total. The van der Waals surface area contributed by atoms with Crippen molar-refractivity contribution in [1.82, 2.24) is 4.90 Å². The Morgan fingerprint density at radius 2 is 2.08 bits per heavy atom. The molecule has 1 heterocycles. The van der Waals surface area contributed by atoms with Gasteiger partial charge in [-0.15, -0.1) is 0 Å². The maximum atomic E-state index is 8.76. The lowest BCUT2D eigenvalue weighted by atomic mass is 9.99. The van der Waals surface area contributed by atoms with Gasteiger partial charge in [-0.2, -0.15) is 0 Å². The van der Waals surface area contributed by atoms with Crippen LogP contribution >= 0.6 is 0 Å². The van der Waals surface area contributed by atoms with Gasteiger partial charge in [-0.25, -0.2) is 0 Å². The van der Waals surface area contributed by atoms with Gasteiger partial charge in [0.05, 0.1) is 6.61 Å². The van der Waals surface area contributed by atoms with Gasteiger partial charge in [0, 0.05) is 6.04 Å². The van der Waals surface area contributed by atoms with Gasteiger partial charge in [-0.3, -0.25) is 0 Å². The minimum Gasteiger partial charge on any atom is -0.395 e. The lowest BCUT2D eigenvalue weighted by molar-refractivity contribution is 0.176. The van der Waals surface area contributed by atoms with E-state index < -0.39 is 0 Å². The Bertz CT molecular complexity index is 133. The monoisotopic (exact) mass is 186 g/mol. The van der Waals surface area contributed by atoms with Crippen molar-refractivity contribution in [2.45, 2.75) is 32.2 Å². The summed E-state index contributed by atoms with van der Waals surface area (Å²) < 4.78 is 0. The van der Waals surface area contributed by atoms with Crippen LogP contribution in [0.25, 0.3) is 0 Å². The largest absolute Gasteiger partial charge is 0.395 e. The number of piperidine rings is 1. The van der Waals surface area contributed by atoms with E-state index in [1.165, 1.54) is 25.9 Å². The molecule has 1 atom stereocenters. The van der Waals surface area contributed by atoms with Gasteiger partial charge >= 0.3 is 0 Å². The summed E-state index contributed by atoms with van der Waals surface area (Å²) in [4.78, 5) is 2.45. The van der Waals surface area contributed by atoms with Crippen molar-refractivity contribution in [2.75, 3.05) is 26.2 Å². The molecule has 1 rings (SSSR count). The molecule has 0 aromatic heterocycles. The van der Waals surface area contributed by atoms with E-state index in [9.17, 15) is 0 Å². The minimum atomic E-state index is -0.0284. The topological polar surface area (TPSA) is 49.5 Å². The lowest BCUT2D eigenvalue weighted by Gasteiger charge is -2.30. The van der Waals surface area contributed by atoms with Gasteiger partial charge in [-0.05, 0) is 44.8 Å². The van der Waals surface area contributed by atoms with Crippen LogP contribution < -0.4 is 5.73 Å². The molecule has 0 aromatic carbocycles. The highest BCUT2D eigenvalue weighted by molar-refractivity contribution is 4.71. The SMILES string of the molecule is CC1CCN(CCC(N)CO)CC1. The van der Waals surface area contributed by atoms with E-state index >= 15 is 0 Å². The maximum Gasteiger partial charge on any atom is 0.0583 e. The third kappa shape index (κ3) is 4.07. The summed E-state index contributed by atoms with van der Waals surface area (Å²) in [5, 5.41) is 8.76. The summed E-state index contributed by atoms with van der Waals surface area (Å²) in [7, 11) is 0. The lowest BCUT2D eigenvalue weighted by Crippen LogP contribution is -2.37. The molecule has 13 heavy (non-hydrogen) atoms. The van der Waals surface area contributed by atoms with Gasteiger partial charge in [0.1, 0.15) is 0 Å². The van der Waals surface area contributed by atoms with Crippen LogP contribution in [0.15, 0.2) is 0 Å². The molecule has 78 valence electrons. The van der Waals surface area contributed by atoms with Crippen molar-refractivity contribution in [2.24, 2.45) is 11.7 Å². The molecule has 0 aliphatic carbocycles. The van der Waals surface area contributed by atoms with Crippen molar-refractivity contribution in [1.29, 1.82) is 0 Å². The van der Waals surface area contributed by atoms with Gasteiger partial charge in [0.25, 0.3) is 0 Å². The third-order valence-electron chi connectivity index (χ3n) is 2.93. The summed E-state index contributed by atoms with van der Waals surface area (Å²) >= 11 is 0. The van der Waals surface area contributed by atoms with Gasteiger partial charge in [0.15, 0.2) is 0 Å². The average Bonchev–Trinajstić information content (AvgIpc) is 2.16. The maximum absolute atomic E-state index is 8.76. The van der Waals surface area contributed by atoms with Crippen LogP contribution in [0, 0.1) is 5.92 Å². The van der Waals surface area contributed by atoms with Crippen LogP contribution in [0.3, 0.4) is 0 Å². The first-order chi connectivity index (χ1) is 6.22. The molecule has 3 heteroatoms. The van der Waals surface area contributed by atoms with Crippen molar-refractivity contribution >= 4 is 0 Å². The van der Waals surface area contributed by atoms with E-state index in [2.05, 4.69) is 11.8 Å². The van der Waals surface area contributed by atoms with Crippen molar-refractivity contribution < 1.29 is 5.11 Å². The summed E-state index contributed by atoms with van der Waals surface area (Å²) in [5.41, 5.74) is 5.64. The fourth-order valence-corrected chi connectivity index (χ4v) is 1.73. The van der Waals surface area contributed by atoms with Crippen LogP contribution in [0.4, 0.5) is 0 Å². The van der Waals surface area contributed by atoms with E-state index in [-0.39, 0.29) is 12.6 Å². The second-order valence-corrected chi connectivity index (χ2v) is 4.26. The number of aliphatic hydroxyl groups is 1. The zero-order chi connectivity index (χ0) is 9.68. The Hall–Kier alpha value is -0.120. The van der Waals surface area contributed by atoms with Gasteiger partial charge in [-0.1, -0.05) is 6.92 Å². The summed E-state index contributed by atoms with van der Waals surface area (Å²) in [6.07, 6.45) is 3.55. The smallest absolute Gasteiger partial charge is 0.0583 e. The molecule has 0 spiro atoms. The zero-order valence-electron chi connectivity index (χ0n) is 8.58. The van der Waals surface area contributed by atoms with E-state index in [1.54, 1.807) is 0 Å². The van der Waals surface area contributed by atoms with Crippen LogP contribution in [0.1, 0.15) is 26.2 Å². The predicted octanol–water partition coefficient (Wildman–Crippen LogP) is 0.428. The summed E-state index contributed by atoms with van der Waals surface area (Å²) in [6, 6.07) is -0.0284. The Morgan fingerprint density at radius 1 is 1.46 bits per heavy atom. The number of hydrogen-bond donors (Lipinski definition) is 2. The fourth-order valence-electron chi connectivity index (χ4n) is 1.73. The van der Waals surface area contributed by atoms with E-state index in [0.717, 1.165) is 18.9 Å². The number of likely N-dealkylation sites (tertiary alicyclic amines) is 1. The number of rotatable bonds is 4. The summed E-state index contributed by atoms with van der Waals surface area (Å²) in [6.45, 7) is 5.90. The molecular formula is C10H22N2O. The van der Waals surface area contributed by atoms with E-state index in [0.29, 0.717) is 0 Å². The Labute approximate surface area is 80.9 Å². The van der Waals surface area contributed by atoms with Crippen LogP contribution in [-0.2, 0) is 0 Å². The normalized spacial score (nSPS) is 23.3. The third-order valence-corrected chi connectivity index (χ3v) is 2.93. The van der Waals surface area contributed by atoms with E-state index in [4.69, 9.17) is 10.8 Å². The highest BCUT2D eigenvalue weighted by atomic mass is 16.3. The van der Waals surface area contributed by atoms with E-state index in [1.807, 2.05) is 0 Å². The highest BCUT2D eigenvalue weighted by Crippen LogP contribution is 2.15. The minimum absolute atomic E-state index is 0.0284. The first-order valence-corrected chi connectivity index (χ1v) is 5.31. The number of nitrogens with two attached hydrogens (primary N) is 1. The van der Waals surface area contributed by atoms with Crippen molar-refractivity contribution in [3.63, 3.8) is 0 Å². The molecule has 0 bridgehead atoms. The predicted molar refractivity (Wildman–Crippen MR) is 54.5 cm³/mol. The molecule has 1 aliphatic rings. The quantitative estimate of drug-likeness (QED) is 0.669.